The molecule has 2 N–H and O–H groups in total. The Morgan fingerprint density at radius 3 is 2.73 bits per heavy atom. The molecule has 0 bridgehead atoms. The first-order valence-electron chi connectivity index (χ1n) is 6.03. The van der Waals surface area contributed by atoms with Crippen molar-refractivity contribution in [3.63, 3.8) is 0 Å². The number of primary amides is 1. The van der Waals surface area contributed by atoms with Crippen LogP contribution in [0.3, 0.4) is 0 Å². The number of amides is 1. The molecule has 3 nitrogen and oxygen atoms in total. The second kappa shape index (κ2) is 7.14. The molecule has 2 rings (SSSR count). The van der Waals surface area contributed by atoms with Crippen LogP contribution in [-0.4, -0.2) is 5.91 Å². The molecule has 22 heavy (non-hydrogen) atoms. The minimum Gasteiger partial charge on any atom is -0.368 e. The smallest absolute Gasteiger partial charge is 0.235 e. The van der Waals surface area contributed by atoms with Gasteiger partial charge in [0.05, 0.1) is 10.6 Å². The maximum atomic E-state index is 14.1. The third-order valence-corrected chi connectivity index (χ3v) is 4.96. The first kappa shape index (κ1) is 16.8. The molecule has 1 unspecified atom stereocenters. The van der Waals surface area contributed by atoms with Gasteiger partial charge in [0.25, 0.3) is 0 Å². The largest absolute Gasteiger partial charge is 0.368 e. The number of benzene rings is 2. The highest BCUT2D eigenvalue weighted by atomic mass is 79.9. The number of carbonyl (C=O) groups is 1. The Balaban J connectivity index is 2.45. The summed E-state index contributed by atoms with van der Waals surface area (Å²) < 4.78 is 14.6. The van der Waals surface area contributed by atoms with Crippen molar-refractivity contribution in [2.45, 2.75) is 10.1 Å². The third-order valence-electron chi connectivity index (χ3n) is 2.84. The summed E-state index contributed by atoms with van der Waals surface area (Å²) >= 11 is 10.1. The van der Waals surface area contributed by atoms with E-state index in [4.69, 9.17) is 22.6 Å². The maximum Gasteiger partial charge on any atom is 0.235 e. The highest BCUT2D eigenvalue weighted by Crippen LogP contribution is 2.39. The number of rotatable bonds is 4. The van der Waals surface area contributed by atoms with Gasteiger partial charge in [-0.05, 0) is 24.3 Å². The molecular formula is C15H9BrClFN2OS. The Hall–Kier alpha value is -1.55. The number of hydrogen-bond acceptors (Lipinski definition) is 3. The first-order valence-corrected chi connectivity index (χ1v) is 8.08. The number of thioether (sulfide) groups is 1. The average Bonchev–Trinajstić information content (AvgIpc) is 2.45. The second-order valence-electron chi connectivity index (χ2n) is 4.29. The molecule has 0 saturated heterocycles. The quantitative estimate of drug-likeness (QED) is 0.773. The molecule has 0 aliphatic heterocycles. The van der Waals surface area contributed by atoms with Crippen molar-refractivity contribution in [3.05, 3.63) is 62.8 Å². The Kier molecular flexibility index (Phi) is 5.46. The van der Waals surface area contributed by atoms with Crippen molar-refractivity contribution in [1.29, 1.82) is 5.26 Å². The van der Waals surface area contributed by atoms with E-state index in [1.54, 1.807) is 24.3 Å². The van der Waals surface area contributed by atoms with E-state index >= 15 is 0 Å². The second-order valence-corrected chi connectivity index (χ2v) is 6.76. The van der Waals surface area contributed by atoms with E-state index in [1.165, 1.54) is 12.1 Å². The number of hydrogen-bond donors (Lipinski definition) is 1. The van der Waals surface area contributed by atoms with Gasteiger partial charge in [-0.25, -0.2) is 4.39 Å². The van der Waals surface area contributed by atoms with Gasteiger partial charge in [-0.2, -0.15) is 5.26 Å². The molecular weight excluding hydrogens is 391 g/mol. The van der Waals surface area contributed by atoms with Gasteiger partial charge in [-0.1, -0.05) is 39.7 Å². The monoisotopic (exact) mass is 398 g/mol. The molecule has 7 heteroatoms. The van der Waals surface area contributed by atoms with Gasteiger partial charge in [0, 0.05) is 14.9 Å². The van der Waals surface area contributed by atoms with Gasteiger partial charge in [-0.3, -0.25) is 4.79 Å². The van der Waals surface area contributed by atoms with E-state index in [0.29, 0.717) is 9.37 Å². The van der Waals surface area contributed by atoms with E-state index in [-0.39, 0.29) is 16.1 Å². The minimum atomic E-state index is -0.960. The molecule has 0 spiro atoms. The predicted octanol–water partition coefficient (Wildman–Crippen LogP) is 4.43. The summed E-state index contributed by atoms with van der Waals surface area (Å²) in [4.78, 5) is 12.2. The lowest BCUT2D eigenvalue weighted by molar-refractivity contribution is -0.117. The Labute approximate surface area is 144 Å². The Bertz CT molecular complexity index is 779. The van der Waals surface area contributed by atoms with Crippen molar-refractivity contribution in [1.82, 2.24) is 0 Å². The van der Waals surface area contributed by atoms with Gasteiger partial charge >= 0.3 is 0 Å². The zero-order valence-electron chi connectivity index (χ0n) is 11.0. The summed E-state index contributed by atoms with van der Waals surface area (Å²) in [5.74, 6) is -1.25. The van der Waals surface area contributed by atoms with Gasteiger partial charge in [0.15, 0.2) is 0 Å². The number of nitriles is 1. The van der Waals surface area contributed by atoms with E-state index in [0.717, 1.165) is 11.8 Å². The standard InChI is InChI=1S/C15H9BrClFN2OS/c16-8-4-5-9(12(18)6-8)14(15(20)21)22-13-3-1-2-11(17)10(13)7-19/h1-6,14H,(H2,20,21). The fourth-order valence-corrected chi connectivity index (χ4v) is 3.55. The van der Waals surface area contributed by atoms with E-state index in [2.05, 4.69) is 15.9 Å². The summed E-state index contributed by atoms with van der Waals surface area (Å²) in [5, 5.41) is 8.48. The van der Waals surface area contributed by atoms with Crippen LogP contribution in [0.25, 0.3) is 0 Å². The molecule has 0 aromatic heterocycles. The molecule has 0 radical (unpaired) electrons. The van der Waals surface area contributed by atoms with Crippen LogP contribution in [0.5, 0.6) is 0 Å². The lowest BCUT2D eigenvalue weighted by atomic mass is 10.1. The average molecular weight is 400 g/mol. The van der Waals surface area contributed by atoms with Crippen molar-refractivity contribution >= 4 is 45.2 Å². The van der Waals surface area contributed by atoms with Crippen molar-refractivity contribution < 1.29 is 9.18 Å². The molecule has 2 aromatic rings. The van der Waals surface area contributed by atoms with Crippen LogP contribution in [0, 0.1) is 17.1 Å². The molecule has 1 atom stereocenters. The lowest BCUT2D eigenvalue weighted by Gasteiger charge is -2.15. The van der Waals surface area contributed by atoms with Gasteiger partial charge in [0.2, 0.25) is 5.91 Å². The zero-order valence-corrected chi connectivity index (χ0v) is 14.2. The van der Waals surface area contributed by atoms with Crippen LogP contribution in [-0.2, 0) is 4.79 Å². The Morgan fingerprint density at radius 1 is 1.41 bits per heavy atom. The normalized spacial score (nSPS) is 11.7. The molecule has 0 saturated carbocycles. The third kappa shape index (κ3) is 3.61. The number of halogens is 3. The zero-order chi connectivity index (χ0) is 16.3. The van der Waals surface area contributed by atoms with Crippen molar-refractivity contribution in [2.75, 3.05) is 0 Å². The number of nitrogens with zero attached hydrogens (tertiary/aromatic N) is 1. The van der Waals surface area contributed by atoms with Crippen LogP contribution in [0.4, 0.5) is 4.39 Å². The van der Waals surface area contributed by atoms with Crippen LogP contribution >= 0.6 is 39.3 Å². The summed E-state index contributed by atoms with van der Waals surface area (Å²) in [7, 11) is 0. The van der Waals surface area contributed by atoms with E-state index in [9.17, 15) is 9.18 Å². The molecule has 1 amide bonds. The molecule has 0 heterocycles. The number of nitrogens with two attached hydrogens (primary N) is 1. The van der Waals surface area contributed by atoms with E-state index in [1.807, 2.05) is 6.07 Å². The highest BCUT2D eigenvalue weighted by molar-refractivity contribution is 9.10. The highest BCUT2D eigenvalue weighted by Gasteiger charge is 2.24. The van der Waals surface area contributed by atoms with Crippen LogP contribution in [0.15, 0.2) is 45.8 Å². The predicted molar refractivity (Wildman–Crippen MR) is 88.1 cm³/mol. The molecule has 112 valence electrons. The number of carbonyl (C=O) groups excluding carboxylic acids is 1. The molecule has 2 aromatic carbocycles. The summed E-state index contributed by atoms with van der Waals surface area (Å²) in [5.41, 5.74) is 5.79. The minimum absolute atomic E-state index is 0.157. The van der Waals surface area contributed by atoms with Gasteiger partial charge in [-0.15, -0.1) is 11.8 Å². The lowest BCUT2D eigenvalue weighted by Crippen LogP contribution is -2.20. The van der Waals surface area contributed by atoms with Crippen LogP contribution < -0.4 is 5.73 Å². The van der Waals surface area contributed by atoms with Crippen molar-refractivity contribution in [2.24, 2.45) is 5.73 Å². The van der Waals surface area contributed by atoms with Crippen LogP contribution in [0.1, 0.15) is 16.4 Å². The van der Waals surface area contributed by atoms with Gasteiger partial charge < -0.3 is 5.73 Å². The first-order chi connectivity index (χ1) is 10.4. The summed E-state index contributed by atoms with van der Waals surface area (Å²) in [6.45, 7) is 0. The fraction of sp³-hybridized carbons (Fsp3) is 0.0667. The van der Waals surface area contributed by atoms with Crippen LogP contribution in [0.2, 0.25) is 5.02 Å². The van der Waals surface area contributed by atoms with Crippen molar-refractivity contribution in [3.8, 4) is 6.07 Å². The topological polar surface area (TPSA) is 66.9 Å². The maximum absolute atomic E-state index is 14.1. The van der Waals surface area contributed by atoms with Gasteiger partial charge in [0.1, 0.15) is 17.1 Å². The molecule has 0 aliphatic carbocycles. The Morgan fingerprint density at radius 2 is 2.14 bits per heavy atom. The SMILES string of the molecule is N#Cc1c(Cl)cccc1SC(C(N)=O)c1ccc(Br)cc1F. The fourth-order valence-electron chi connectivity index (χ4n) is 1.83. The summed E-state index contributed by atoms with van der Waals surface area (Å²) in [6.07, 6.45) is 0. The summed E-state index contributed by atoms with van der Waals surface area (Å²) in [6, 6.07) is 11.2. The molecule has 0 fully saturated rings. The molecule has 0 aliphatic rings. The van der Waals surface area contributed by atoms with E-state index < -0.39 is 17.0 Å².